The monoisotopic (exact) mass is 445 g/mol. The van der Waals surface area contributed by atoms with Crippen LogP contribution in [0.1, 0.15) is 40.0 Å². The van der Waals surface area contributed by atoms with Gasteiger partial charge in [0, 0.05) is 57.2 Å². The van der Waals surface area contributed by atoms with Gasteiger partial charge in [-0.25, -0.2) is 0 Å². The van der Waals surface area contributed by atoms with E-state index in [1.807, 2.05) is 6.92 Å². The first-order valence-electron chi connectivity index (χ1n) is 11.2. The summed E-state index contributed by atoms with van der Waals surface area (Å²) in [6.45, 7) is 9.46. The van der Waals surface area contributed by atoms with Crippen LogP contribution in [0.15, 0.2) is 0 Å². The predicted molar refractivity (Wildman–Crippen MR) is 119 cm³/mol. The lowest BCUT2D eigenvalue weighted by Gasteiger charge is -2.43. The van der Waals surface area contributed by atoms with Gasteiger partial charge < -0.3 is 20.1 Å². The summed E-state index contributed by atoms with van der Waals surface area (Å²) in [5.41, 5.74) is 0. The van der Waals surface area contributed by atoms with Crippen molar-refractivity contribution < 1.29 is 19.1 Å². The Morgan fingerprint density at radius 2 is 1.77 bits per heavy atom. The summed E-state index contributed by atoms with van der Waals surface area (Å²) in [7, 11) is 3.39. The van der Waals surface area contributed by atoms with Crippen molar-refractivity contribution in [1.82, 2.24) is 15.5 Å². The number of carbonyl (C=O) groups is 2. The zero-order valence-corrected chi connectivity index (χ0v) is 19.9. The smallest absolute Gasteiger partial charge is 0.225 e. The van der Waals surface area contributed by atoms with Crippen LogP contribution < -0.4 is 10.6 Å². The van der Waals surface area contributed by atoms with Gasteiger partial charge in [0.15, 0.2) is 0 Å². The molecule has 1 aliphatic carbocycles. The average Bonchev–Trinajstić information content (AvgIpc) is 2.68. The molecule has 6 unspecified atom stereocenters. The summed E-state index contributed by atoms with van der Waals surface area (Å²) in [6, 6.07) is 0.390. The zero-order valence-electron chi connectivity index (χ0n) is 19.2. The highest BCUT2D eigenvalue weighted by Gasteiger charge is 2.41. The molecule has 0 aromatic rings. The lowest BCUT2D eigenvalue weighted by atomic mass is 9.75. The van der Waals surface area contributed by atoms with Crippen LogP contribution in [0.3, 0.4) is 0 Å². The van der Waals surface area contributed by atoms with Crippen LogP contribution in [0.25, 0.3) is 0 Å². The van der Waals surface area contributed by atoms with E-state index in [2.05, 4.69) is 29.4 Å². The molecule has 2 rings (SSSR count). The number of nitrogens with zero attached hydrogens (tertiary/aromatic N) is 1. The lowest BCUT2D eigenvalue weighted by Crippen LogP contribution is -2.54. The van der Waals surface area contributed by atoms with E-state index in [0.717, 1.165) is 25.9 Å². The number of methoxy groups -OCH3 is 2. The van der Waals surface area contributed by atoms with Gasteiger partial charge in [-0.15, -0.1) is 11.6 Å². The molecular formula is C22H40ClN3O4. The van der Waals surface area contributed by atoms with Gasteiger partial charge in [0.2, 0.25) is 11.8 Å². The van der Waals surface area contributed by atoms with Crippen molar-refractivity contribution in [3.05, 3.63) is 0 Å². The van der Waals surface area contributed by atoms with E-state index in [1.54, 1.807) is 14.2 Å². The summed E-state index contributed by atoms with van der Waals surface area (Å²) < 4.78 is 10.6. The molecule has 2 N–H and O–H groups in total. The maximum absolute atomic E-state index is 13.1. The Kier molecular flexibility index (Phi) is 10.3. The topological polar surface area (TPSA) is 79.9 Å². The van der Waals surface area contributed by atoms with Gasteiger partial charge >= 0.3 is 0 Å². The van der Waals surface area contributed by atoms with Gasteiger partial charge in [0.05, 0.1) is 19.1 Å². The number of rotatable bonds is 10. The van der Waals surface area contributed by atoms with Crippen LogP contribution >= 0.6 is 11.6 Å². The van der Waals surface area contributed by atoms with E-state index in [4.69, 9.17) is 21.1 Å². The second kappa shape index (κ2) is 12.2. The highest BCUT2D eigenvalue weighted by Crippen LogP contribution is 2.36. The third-order valence-electron chi connectivity index (χ3n) is 6.85. The van der Waals surface area contributed by atoms with Crippen molar-refractivity contribution in [2.45, 2.75) is 57.5 Å². The van der Waals surface area contributed by atoms with E-state index in [-0.39, 0.29) is 52.9 Å². The number of hydrogen-bond acceptors (Lipinski definition) is 5. The molecule has 8 heteroatoms. The number of ether oxygens (including phenoxy) is 2. The molecule has 7 atom stereocenters. The molecular weight excluding hydrogens is 406 g/mol. The van der Waals surface area contributed by atoms with Crippen LogP contribution in [0.4, 0.5) is 0 Å². The van der Waals surface area contributed by atoms with Crippen LogP contribution in [-0.2, 0) is 19.1 Å². The molecule has 1 saturated carbocycles. The van der Waals surface area contributed by atoms with Gasteiger partial charge in [-0.1, -0.05) is 13.8 Å². The quantitative estimate of drug-likeness (QED) is 0.502. The van der Waals surface area contributed by atoms with E-state index in [0.29, 0.717) is 26.2 Å². The summed E-state index contributed by atoms with van der Waals surface area (Å²) in [5, 5.41) is 6.02. The van der Waals surface area contributed by atoms with E-state index in [9.17, 15) is 9.59 Å². The van der Waals surface area contributed by atoms with Crippen molar-refractivity contribution in [2.24, 2.45) is 23.7 Å². The van der Waals surface area contributed by atoms with Crippen LogP contribution in [0.2, 0.25) is 0 Å². The molecule has 1 aliphatic heterocycles. The molecule has 1 saturated heterocycles. The third kappa shape index (κ3) is 6.81. The van der Waals surface area contributed by atoms with Gasteiger partial charge in [-0.3, -0.25) is 14.5 Å². The highest BCUT2D eigenvalue weighted by molar-refractivity contribution is 6.20. The molecule has 0 spiro atoms. The van der Waals surface area contributed by atoms with E-state index >= 15 is 0 Å². The fraction of sp³-hybridized carbons (Fsp3) is 0.909. The number of alkyl halides is 1. The molecule has 30 heavy (non-hydrogen) atoms. The summed E-state index contributed by atoms with van der Waals surface area (Å²) in [4.78, 5) is 27.8. The minimum Gasteiger partial charge on any atom is -0.383 e. The molecule has 0 aromatic carbocycles. The maximum Gasteiger partial charge on any atom is 0.225 e. The van der Waals surface area contributed by atoms with Crippen molar-refractivity contribution >= 4 is 23.4 Å². The van der Waals surface area contributed by atoms with Gasteiger partial charge in [-0.05, 0) is 38.0 Å². The van der Waals surface area contributed by atoms with Gasteiger partial charge in [0.25, 0.3) is 0 Å². The number of amides is 2. The van der Waals surface area contributed by atoms with E-state index in [1.165, 1.54) is 0 Å². The third-order valence-corrected chi connectivity index (χ3v) is 7.21. The Bertz CT molecular complexity index is 557. The number of halogens is 1. The summed E-state index contributed by atoms with van der Waals surface area (Å²) >= 11 is 6.61. The highest BCUT2D eigenvalue weighted by atomic mass is 35.5. The minimum absolute atomic E-state index is 0.00917. The number of carbonyl (C=O) groups excluding carboxylic acids is 2. The first-order chi connectivity index (χ1) is 14.3. The van der Waals surface area contributed by atoms with Crippen molar-refractivity contribution in [3.8, 4) is 0 Å². The molecule has 2 fully saturated rings. The molecule has 7 nitrogen and oxygen atoms in total. The normalized spacial score (nSPS) is 34.6. The molecule has 2 aliphatic rings. The standard InChI is InChI=1S/C22H40ClN3O4/c1-14-10-15(2)25-22(28)19(14)13-24-21(27)18-11-17(23)12-20(16(18)3)26(6-8-29-4)7-9-30-5/h14-20H,6-13H2,1-5H3,(H,24,27)(H,25,28)/t14?,15?,16?,17-,18?,19?,20?/m0/s1. The zero-order chi connectivity index (χ0) is 22.3. The fourth-order valence-electron chi connectivity index (χ4n) is 5.04. The van der Waals surface area contributed by atoms with Gasteiger partial charge in [-0.2, -0.15) is 0 Å². The summed E-state index contributed by atoms with van der Waals surface area (Å²) in [5.74, 6) is 0.120. The molecule has 0 bridgehead atoms. The Labute approximate surface area is 186 Å². The molecule has 0 aromatic heterocycles. The Morgan fingerprint density at radius 1 is 1.13 bits per heavy atom. The second-order valence-corrected chi connectivity index (χ2v) is 9.71. The maximum atomic E-state index is 13.1. The summed E-state index contributed by atoms with van der Waals surface area (Å²) in [6.07, 6.45) is 2.45. The van der Waals surface area contributed by atoms with E-state index < -0.39 is 0 Å². The lowest BCUT2D eigenvalue weighted by molar-refractivity contribution is -0.132. The molecule has 0 radical (unpaired) electrons. The first-order valence-corrected chi connectivity index (χ1v) is 11.7. The molecule has 1 heterocycles. The SMILES string of the molecule is COCCN(CCOC)C1C[C@@H](Cl)CC(C(=O)NCC2C(=O)NC(C)CC2C)C1C. The van der Waals surface area contributed by atoms with Crippen molar-refractivity contribution in [3.63, 3.8) is 0 Å². The Balaban J connectivity index is 2.00. The van der Waals surface area contributed by atoms with Crippen molar-refractivity contribution in [2.75, 3.05) is 47.1 Å². The second-order valence-electron chi connectivity index (χ2n) is 9.10. The fourth-order valence-corrected chi connectivity index (χ4v) is 5.42. The number of nitrogens with one attached hydrogen (secondary N) is 2. The van der Waals surface area contributed by atoms with Crippen LogP contribution in [0, 0.1) is 23.7 Å². The van der Waals surface area contributed by atoms with Crippen LogP contribution in [-0.4, -0.2) is 81.2 Å². The number of piperidine rings is 1. The Hall–Kier alpha value is -0.890. The molecule has 174 valence electrons. The number of hydrogen-bond donors (Lipinski definition) is 2. The van der Waals surface area contributed by atoms with Crippen LogP contribution in [0.5, 0.6) is 0 Å². The van der Waals surface area contributed by atoms with Gasteiger partial charge in [0.1, 0.15) is 0 Å². The molecule has 2 amide bonds. The minimum atomic E-state index is -0.174. The Morgan fingerprint density at radius 3 is 2.33 bits per heavy atom. The first kappa shape index (κ1) is 25.4. The largest absolute Gasteiger partial charge is 0.383 e. The predicted octanol–water partition coefficient (Wildman–Crippen LogP) is 1.88. The van der Waals surface area contributed by atoms with Crippen molar-refractivity contribution in [1.29, 1.82) is 0 Å². The average molecular weight is 446 g/mol.